The largest absolute Gasteiger partial charge is 0.339 e. The minimum absolute atomic E-state index is 0.201. The monoisotopic (exact) mass is 433 g/mol. The van der Waals surface area contributed by atoms with E-state index in [0.717, 1.165) is 12.4 Å². The van der Waals surface area contributed by atoms with Crippen molar-refractivity contribution < 1.29 is 9.59 Å². The predicted octanol–water partition coefficient (Wildman–Crippen LogP) is 2.87. The molecule has 3 amide bonds. The van der Waals surface area contributed by atoms with Gasteiger partial charge in [0.2, 0.25) is 0 Å². The molecule has 2 unspecified atom stereocenters. The van der Waals surface area contributed by atoms with Crippen molar-refractivity contribution in [3.8, 4) is 0 Å². The van der Waals surface area contributed by atoms with Gasteiger partial charge in [-0.25, -0.2) is 9.79 Å². The number of benzene rings is 2. The van der Waals surface area contributed by atoms with Crippen molar-refractivity contribution in [2.45, 2.75) is 39.1 Å². The fourth-order valence-electron chi connectivity index (χ4n) is 4.49. The Balaban J connectivity index is 1.64. The molecular weight excluding hydrogens is 402 g/mol. The average molecular weight is 434 g/mol. The molecule has 0 radical (unpaired) electrons. The van der Waals surface area contributed by atoms with Gasteiger partial charge in [-0.3, -0.25) is 14.6 Å². The molecule has 4 rings (SSSR count). The zero-order chi connectivity index (χ0) is 23.0. The highest BCUT2D eigenvalue weighted by atomic mass is 16.2. The average Bonchev–Trinajstić information content (AvgIpc) is 3.11. The smallest absolute Gasteiger partial charge is 0.328 e. The molecule has 0 spiro atoms. The molecular formula is C25H31N5O2. The van der Waals surface area contributed by atoms with Crippen LogP contribution in [0.2, 0.25) is 0 Å². The lowest BCUT2D eigenvalue weighted by Gasteiger charge is -2.40. The second-order valence-electron chi connectivity index (χ2n) is 8.91. The van der Waals surface area contributed by atoms with Crippen molar-refractivity contribution in [1.82, 2.24) is 19.6 Å². The van der Waals surface area contributed by atoms with Crippen LogP contribution in [-0.2, 0) is 17.9 Å². The Bertz CT molecular complexity index is 1050. The number of amides is 3. The Morgan fingerprint density at radius 1 is 1.00 bits per heavy atom. The first-order chi connectivity index (χ1) is 15.3. The summed E-state index contributed by atoms with van der Waals surface area (Å²) < 4.78 is 0. The molecule has 2 heterocycles. The van der Waals surface area contributed by atoms with Crippen LogP contribution in [0.3, 0.4) is 0 Å². The van der Waals surface area contributed by atoms with E-state index in [9.17, 15) is 9.59 Å². The second-order valence-corrected chi connectivity index (χ2v) is 8.91. The van der Waals surface area contributed by atoms with Gasteiger partial charge in [-0.1, -0.05) is 54.1 Å². The summed E-state index contributed by atoms with van der Waals surface area (Å²) in [6.45, 7) is 6.10. The van der Waals surface area contributed by atoms with Crippen LogP contribution in [0.25, 0.3) is 0 Å². The van der Waals surface area contributed by atoms with Gasteiger partial charge in [0.15, 0.2) is 12.2 Å². The van der Waals surface area contributed by atoms with Crippen LogP contribution >= 0.6 is 0 Å². The number of carbonyl (C=O) groups is 2. The number of likely N-dealkylation sites (N-methyl/N-ethyl adjacent to an activating group) is 3. The molecule has 168 valence electrons. The van der Waals surface area contributed by atoms with Crippen LogP contribution in [0.15, 0.2) is 53.5 Å². The van der Waals surface area contributed by atoms with Crippen molar-refractivity contribution in [3.05, 3.63) is 70.8 Å². The number of fused-ring (bicyclic) bond motifs is 1. The van der Waals surface area contributed by atoms with Crippen molar-refractivity contribution >= 4 is 17.8 Å². The number of aliphatic imine (C=N–C) groups is 1. The Labute approximate surface area is 189 Å². The minimum atomic E-state index is -0.511. The maximum Gasteiger partial charge on any atom is 0.328 e. The number of nitrogens with zero attached hydrogens (tertiary/aromatic N) is 5. The van der Waals surface area contributed by atoms with E-state index in [2.05, 4.69) is 61.0 Å². The lowest BCUT2D eigenvalue weighted by molar-refractivity contribution is -0.136. The summed E-state index contributed by atoms with van der Waals surface area (Å²) in [6.07, 6.45) is -0.503. The van der Waals surface area contributed by atoms with Gasteiger partial charge in [0.25, 0.3) is 5.91 Å². The summed E-state index contributed by atoms with van der Waals surface area (Å²) in [5, 5.41) is 0. The van der Waals surface area contributed by atoms with E-state index in [1.165, 1.54) is 27.2 Å². The fourth-order valence-corrected chi connectivity index (χ4v) is 4.49. The van der Waals surface area contributed by atoms with Gasteiger partial charge in [0, 0.05) is 27.2 Å². The van der Waals surface area contributed by atoms with Crippen molar-refractivity contribution in [3.63, 3.8) is 0 Å². The molecule has 0 saturated carbocycles. The van der Waals surface area contributed by atoms with Crippen LogP contribution in [0.5, 0.6) is 0 Å². The molecule has 2 aromatic rings. The number of imide groups is 1. The van der Waals surface area contributed by atoms with Crippen molar-refractivity contribution in [2.24, 2.45) is 4.99 Å². The molecule has 2 atom stereocenters. The molecule has 1 saturated heterocycles. The van der Waals surface area contributed by atoms with Gasteiger partial charge in [-0.2, -0.15) is 0 Å². The number of amidine groups is 1. The predicted molar refractivity (Wildman–Crippen MR) is 125 cm³/mol. The fraction of sp³-hybridized carbons (Fsp3) is 0.400. The number of carbonyl (C=O) groups excluding carboxylic acids is 2. The highest BCUT2D eigenvalue weighted by Gasteiger charge is 2.50. The van der Waals surface area contributed by atoms with Gasteiger partial charge in [0.1, 0.15) is 5.84 Å². The van der Waals surface area contributed by atoms with Crippen molar-refractivity contribution in [2.75, 3.05) is 27.7 Å². The highest BCUT2D eigenvalue weighted by Crippen LogP contribution is 2.29. The lowest BCUT2D eigenvalue weighted by atomic mass is 10.0. The lowest BCUT2D eigenvalue weighted by Crippen LogP contribution is -2.64. The summed E-state index contributed by atoms with van der Waals surface area (Å²) in [5.74, 6) is 0.635. The molecule has 7 heteroatoms. The summed E-state index contributed by atoms with van der Waals surface area (Å²) in [5.41, 5.74) is 4.74. The van der Waals surface area contributed by atoms with Crippen LogP contribution in [-0.4, -0.2) is 77.3 Å². The van der Waals surface area contributed by atoms with E-state index in [1.54, 1.807) is 19.0 Å². The number of rotatable bonds is 6. The maximum atomic E-state index is 13.2. The third-order valence-corrected chi connectivity index (χ3v) is 6.35. The van der Waals surface area contributed by atoms with Crippen LogP contribution in [0.4, 0.5) is 4.79 Å². The van der Waals surface area contributed by atoms with Crippen LogP contribution < -0.4 is 0 Å². The Morgan fingerprint density at radius 2 is 1.72 bits per heavy atom. The van der Waals surface area contributed by atoms with E-state index in [0.29, 0.717) is 13.1 Å². The topological polar surface area (TPSA) is 59.5 Å². The van der Waals surface area contributed by atoms with E-state index < -0.39 is 12.2 Å². The Hall–Kier alpha value is -3.19. The summed E-state index contributed by atoms with van der Waals surface area (Å²) >= 11 is 0. The van der Waals surface area contributed by atoms with Gasteiger partial charge in [-0.05, 0) is 37.6 Å². The first-order valence-electron chi connectivity index (χ1n) is 10.9. The maximum absolute atomic E-state index is 13.2. The van der Waals surface area contributed by atoms with E-state index in [4.69, 9.17) is 4.99 Å². The zero-order valence-electron chi connectivity index (χ0n) is 19.4. The number of urea groups is 1. The van der Waals surface area contributed by atoms with E-state index in [1.807, 2.05) is 18.2 Å². The number of hydrogen-bond acceptors (Lipinski definition) is 5. The Morgan fingerprint density at radius 3 is 2.44 bits per heavy atom. The van der Waals surface area contributed by atoms with E-state index in [-0.39, 0.29) is 11.9 Å². The number of aryl methyl sites for hydroxylation is 2. The molecule has 1 fully saturated rings. The first kappa shape index (κ1) is 22.0. The molecule has 32 heavy (non-hydrogen) atoms. The Kier molecular flexibility index (Phi) is 6.02. The molecule has 2 aliphatic heterocycles. The quantitative estimate of drug-likeness (QED) is 0.703. The van der Waals surface area contributed by atoms with Gasteiger partial charge < -0.3 is 9.80 Å². The van der Waals surface area contributed by atoms with Crippen molar-refractivity contribution in [1.29, 1.82) is 0 Å². The van der Waals surface area contributed by atoms with Gasteiger partial charge in [-0.15, -0.1) is 0 Å². The highest BCUT2D eigenvalue weighted by molar-refractivity contribution is 6.04. The summed E-state index contributed by atoms with van der Waals surface area (Å²) in [7, 11) is 5.32. The molecule has 7 nitrogen and oxygen atoms in total. The summed E-state index contributed by atoms with van der Waals surface area (Å²) in [4.78, 5) is 37.7. The zero-order valence-corrected chi connectivity index (χ0v) is 19.4. The van der Waals surface area contributed by atoms with Gasteiger partial charge in [0.05, 0.1) is 6.54 Å². The van der Waals surface area contributed by atoms with Crippen LogP contribution in [0.1, 0.15) is 22.3 Å². The molecule has 0 N–H and O–H groups in total. The SMILES string of the molecule is Cc1ccc(C)c(CN2C(CN(C)Cc3ccccc3)=NC3C2C(=O)N(C)C(=O)N3C)c1. The first-order valence-corrected chi connectivity index (χ1v) is 10.9. The third-order valence-electron chi connectivity index (χ3n) is 6.35. The molecule has 0 bridgehead atoms. The van der Waals surface area contributed by atoms with E-state index >= 15 is 0 Å². The molecule has 2 aromatic carbocycles. The molecule has 0 aromatic heterocycles. The van der Waals surface area contributed by atoms with Crippen LogP contribution in [0, 0.1) is 13.8 Å². The summed E-state index contributed by atoms with van der Waals surface area (Å²) in [6, 6.07) is 15.8. The molecule has 2 aliphatic rings. The second kappa shape index (κ2) is 8.74. The normalized spacial score (nSPS) is 20.8. The minimum Gasteiger partial charge on any atom is -0.339 e. The molecule has 0 aliphatic carbocycles. The van der Waals surface area contributed by atoms with Gasteiger partial charge >= 0.3 is 6.03 Å². The third kappa shape index (κ3) is 4.12. The number of hydrogen-bond donors (Lipinski definition) is 0. The standard InChI is InChI=1S/C25H31N5O2/c1-17-11-12-18(2)20(13-17)15-30-21(16-27(3)14-19-9-7-6-8-10-19)26-23-22(30)24(31)29(5)25(32)28(23)4/h6-13,22-23H,14-16H2,1-5H3.